The highest BCUT2D eigenvalue weighted by atomic mass is 19.3. The third-order valence-corrected chi connectivity index (χ3v) is 8.00. The molecule has 1 aliphatic heterocycles. The minimum Gasteiger partial charge on any atom is -0.478 e. The second-order valence-electron chi connectivity index (χ2n) is 10.7. The number of likely N-dealkylation sites (tertiary alicyclic amines) is 1. The summed E-state index contributed by atoms with van der Waals surface area (Å²) in [5.74, 6) is -3.01. The lowest BCUT2D eigenvalue weighted by Gasteiger charge is -2.39. The summed E-state index contributed by atoms with van der Waals surface area (Å²) >= 11 is 0. The fourth-order valence-electron chi connectivity index (χ4n) is 6.05. The number of hydrogen-bond donors (Lipinski definition) is 1. The smallest absolute Gasteiger partial charge is 0.335 e. The van der Waals surface area contributed by atoms with Gasteiger partial charge in [-0.3, -0.25) is 4.39 Å². The second-order valence-corrected chi connectivity index (χ2v) is 10.7. The molecule has 1 N–H and O–H groups in total. The van der Waals surface area contributed by atoms with Gasteiger partial charge in [-0.1, -0.05) is 36.4 Å². The lowest BCUT2D eigenvalue weighted by Crippen LogP contribution is -2.47. The van der Waals surface area contributed by atoms with Gasteiger partial charge in [-0.15, -0.1) is 0 Å². The van der Waals surface area contributed by atoms with E-state index in [9.17, 15) is 23.1 Å². The maximum Gasteiger partial charge on any atom is 0.335 e. The Balaban J connectivity index is 1.46. The van der Waals surface area contributed by atoms with Gasteiger partial charge in [0.05, 0.1) is 12.2 Å². The van der Waals surface area contributed by atoms with Crippen LogP contribution in [0, 0.1) is 5.92 Å². The molecule has 1 heterocycles. The van der Waals surface area contributed by atoms with Gasteiger partial charge < -0.3 is 10.0 Å². The van der Waals surface area contributed by atoms with E-state index in [1.807, 2.05) is 6.07 Å². The van der Waals surface area contributed by atoms with Crippen LogP contribution < -0.4 is 0 Å². The van der Waals surface area contributed by atoms with Crippen molar-refractivity contribution in [1.82, 2.24) is 4.90 Å². The quantitative estimate of drug-likeness (QED) is 0.413. The molecule has 37 heavy (non-hydrogen) atoms. The monoisotopic (exact) mass is 509 g/mol. The van der Waals surface area contributed by atoms with Crippen LogP contribution in [0.15, 0.2) is 59.7 Å². The van der Waals surface area contributed by atoms with Gasteiger partial charge >= 0.3 is 5.97 Å². The number of alkyl halides is 3. The van der Waals surface area contributed by atoms with Crippen LogP contribution in [0.4, 0.5) is 13.2 Å². The molecule has 5 rings (SSSR count). The summed E-state index contributed by atoms with van der Waals surface area (Å²) in [4.78, 5) is 13.9. The summed E-state index contributed by atoms with van der Waals surface area (Å²) in [7, 11) is 0. The van der Waals surface area contributed by atoms with Crippen LogP contribution in [0.25, 0.3) is 5.57 Å². The minimum atomic E-state index is -2.64. The van der Waals surface area contributed by atoms with Gasteiger partial charge in [-0.2, -0.15) is 0 Å². The van der Waals surface area contributed by atoms with E-state index in [4.69, 9.17) is 0 Å². The maximum atomic E-state index is 13.9. The Bertz CT molecular complexity index is 1210. The first kappa shape index (κ1) is 25.8. The van der Waals surface area contributed by atoms with Crippen molar-refractivity contribution in [2.45, 2.75) is 57.3 Å². The molecule has 3 nitrogen and oxygen atoms in total. The Labute approximate surface area is 216 Å². The number of rotatable bonds is 8. The average molecular weight is 510 g/mol. The van der Waals surface area contributed by atoms with Crippen molar-refractivity contribution in [3.05, 3.63) is 87.5 Å². The molecule has 0 amide bonds. The highest BCUT2D eigenvalue weighted by Gasteiger charge is 2.33. The van der Waals surface area contributed by atoms with Crippen molar-refractivity contribution in [3.8, 4) is 0 Å². The fraction of sp³-hybridized carbons (Fsp3) is 0.452. The Morgan fingerprint density at radius 1 is 1.05 bits per heavy atom. The number of aryl methyl sites for hydroxylation is 1. The number of aromatic carboxylic acids is 1. The number of fused-ring (bicyclic) bond motifs is 1. The van der Waals surface area contributed by atoms with Crippen molar-refractivity contribution in [1.29, 1.82) is 0 Å². The van der Waals surface area contributed by atoms with E-state index in [0.29, 0.717) is 18.8 Å². The highest BCUT2D eigenvalue weighted by molar-refractivity contribution is 5.91. The number of carbonyl (C=O) groups is 1. The Hall–Kier alpha value is -2.86. The molecule has 196 valence electrons. The molecule has 0 unspecified atom stereocenters. The second kappa shape index (κ2) is 10.9. The molecule has 0 saturated carbocycles. The standard InChI is InChI=1S/C31H34F3NO2/c32-15-2-16-35-19-22(20-35)17-21-5-7-24(8-6-21)29-27(23-11-13-31(33,34)14-12-23)4-1-3-25-18-26(30(36)37)9-10-28(25)29/h5-11,18,22H,1-4,12-17,19-20H2,(H,36,37). The molecule has 2 aromatic carbocycles. The first-order valence-corrected chi connectivity index (χ1v) is 13.4. The molecule has 6 heteroatoms. The van der Waals surface area contributed by atoms with Gasteiger partial charge in [0.1, 0.15) is 0 Å². The predicted octanol–water partition coefficient (Wildman–Crippen LogP) is 7.10. The Morgan fingerprint density at radius 3 is 2.51 bits per heavy atom. The lowest BCUT2D eigenvalue weighted by molar-refractivity contribution is -0.00838. The van der Waals surface area contributed by atoms with E-state index < -0.39 is 11.9 Å². The van der Waals surface area contributed by atoms with E-state index in [0.717, 1.165) is 78.7 Å². The van der Waals surface area contributed by atoms with Crippen molar-refractivity contribution in [2.24, 2.45) is 5.92 Å². The van der Waals surface area contributed by atoms with Gasteiger partial charge in [-0.25, -0.2) is 13.6 Å². The number of halogens is 3. The minimum absolute atomic E-state index is 0.136. The third kappa shape index (κ3) is 5.85. The topological polar surface area (TPSA) is 40.5 Å². The highest BCUT2D eigenvalue weighted by Crippen LogP contribution is 2.43. The van der Waals surface area contributed by atoms with E-state index in [1.165, 1.54) is 5.56 Å². The normalized spacial score (nSPS) is 20.1. The summed E-state index contributed by atoms with van der Waals surface area (Å²) in [5, 5.41) is 9.52. The third-order valence-electron chi connectivity index (χ3n) is 8.00. The van der Waals surface area contributed by atoms with Crippen LogP contribution in [0.3, 0.4) is 0 Å². The van der Waals surface area contributed by atoms with E-state index >= 15 is 0 Å². The van der Waals surface area contributed by atoms with Crippen LogP contribution in [-0.4, -0.2) is 48.2 Å². The zero-order chi connectivity index (χ0) is 26.0. The van der Waals surface area contributed by atoms with Crippen molar-refractivity contribution < 1.29 is 23.1 Å². The molecular formula is C31H34F3NO2. The maximum absolute atomic E-state index is 13.9. The summed E-state index contributed by atoms with van der Waals surface area (Å²) in [6, 6.07) is 13.9. The predicted molar refractivity (Wildman–Crippen MR) is 140 cm³/mol. The molecule has 0 bridgehead atoms. The van der Waals surface area contributed by atoms with Gasteiger partial charge in [0.2, 0.25) is 0 Å². The first-order chi connectivity index (χ1) is 17.8. The molecule has 0 spiro atoms. The number of hydrogen-bond acceptors (Lipinski definition) is 2. The van der Waals surface area contributed by atoms with Crippen molar-refractivity contribution >= 4 is 11.5 Å². The number of carboxylic acid groups (broad SMARTS) is 1. The first-order valence-electron chi connectivity index (χ1n) is 13.4. The van der Waals surface area contributed by atoms with E-state index in [-0.39, 0.29) is 25.1 Å². The van der Waals surface area contributed by atoms with Gasteiger partial charge in [0, 0.05) is 32.5 Å². The number of nitrogens with zero attached hydrogens (tertiary/aromatic N) is 1. The Kier molecular flexibility index (Phi) is 7.57. The summed E-state index contributed by atoms with van der Waals surface area (Å²) in [6.45, 7) is 2.58. The van der Waals surface area contributed by atoms with Gasteiger partial charge in [0.15, 0.2) is 0 Å². The fourth-order valence-corrected chi connectivity index (χ4v) is 6.05. The SMILES string of the molecule is O=C(O)c1ccc2c(c1)CCCC(C1=CCC(F)(F)CC1)=C2c1ccc(CC2CN(CCCF)C2)cc1. The molecule has 0 radical (unpaired) electrons. The largest absolute Gasteiger partial charge is 0.478 e. The van der Waals surface area contributed by atoms with Gasteiger partial charge in [-0.05, 0) is 95.5 Å². The van der Waals surface area contributed by atoms with Gasteiger partial charge in [0.25, 0.3) is 5.92 Å². The van der Waals surface area contributed by atoms with Crippen LogP contribution in [0.5, 0.6) is 0 Å². The molecule has 0 aromatic heterocycles. The number of allylic oxidation sites excluding steroid dienone is 3. The zero-order valence-corrected chi connectivity index (χ0v) is 21.1. The Morgan fingerprint density at radius 2 is 1.84 bits per heavy atom. The molecule has 1 saturated heterocycles. The zero-order valence-electron chi connectivity index (χ0n) is 21.1. The molecular weight excluding hydrogens is 475 g/mol. The molecule has 2 aliphatic carbocycles. The van der Waals surface area contributed by atoms with E-state index in [2.05, 4.69) is 29.2 Å². The van der Waals surface area contributed by atoms with E-state index in [1.54, 1.807) is 18.2 Å². The summed E-state index contributed by atoms with van der Waals surface area (Å²) < 4.78 is 40.3. The average Bonchev–Trinajstić information content (AvgIpc) is 3.05. The van der Waals surface area contributed by atoms with Crippen LogP contribution in [-0.2, 0) is 12.8 Å². The molecule has 1 fully saturated rings. The van der Waals surface area contributed by atoms with Crippen LogP contribution in [0.1, 0.15) is 71.1 Å². The van der Waals surface area contributed by atoms with Crippen molar-refractivity contribution in [3.63, 3.8) is 0 Å². The summed E-state index contributed by atoms with van der Waals surface area (Å²) in [5.41, 5.74) is 7.75. The molecule has 3 aliphatic rings. The number of benzene rings is 2. The lowest BCUT2D eigenvalue weighted by atomic mass is 9.82. The van der Waals surface area contributed by atoms with Crippen LogP contribution in [0.2, 0.25) is 0 Å². The molecule has 2 aromatic rings. The summed E-state index contributed by atoms with van der Waals surface area (Å²) in [6.07, 6.45) is 5.67. The van der Waals surface area contributed by atoms with Crippen molar-refractivity contribution in [2.75, 3.05) is 26.3 Å². The molecule has 0 atom stereocenters. The number of carboxylic acids is 1. The van der Waals surface area contributed by atoms with Crippen LogP contribution >= 0.6 is 0 Å².